The molecule has 0 aliphatic heterocycles. The Morgan fingerprint density at radius 2 is 1.67 bits per heavy atom. The summed E-state index contributed by atoms with van der Waals surface area (Å²) in [5.41, 5.74) is 15.9. The predicted molar refractivity (Wildman–Crippen MR) is 62.5 cm³/mol. The fourth-order valence-electron chi connectivity index (χ4n) is 3.27. The van der Waals surface area contributed by atoms with Crippen LogP contribution in [-0.4, -0.2) is 6.04 Å². The molecule has 2 nitrogen and oxygen atoms in total. The van der Waals surface area contributed by atoms with Crippen LogP contribution in [0.3, 0.4) is 0 Å². The summed E-state index contributed by atoms with van der Waals surface area (Å²) in [4.78, 5) is 0. The topological polar surface area (TPSA) is 52.0 Å². The molecule has 2 heteroatoms. The molecule has 2 bridgehead atoms. The summed E-state index contributed by atoms with van der Waals surface area (Å²) in [5, 5.41) is 0. The second-order valence-corrected chi connectivity index (χ2v) is 5.11. The molecule has 4 N–H and O–H groups in total. The van der Waals surface area contributed by atoms with Crippen molar-refractivity contribution in [2.45, 2.75) is 31.7 Å². The summed E-state index contributed by atoms with van der Waals surface area (Å²) >= 11 is 0. The van der Waals surface area contributed by atoms with E-state index in [0.29, 0.717) is 17.9 Å². The Balaban J connectivity index is 2.02. The molecule has 0 amide bonds. The minimum absolute atomic E-state index is 0.415. The Hall–Kier alpha value is -1.02. The predicted octanol–water partition coefficient (Wildman–Crippen LogP) is 1.72. The molecule has 1 fully saturated rings. The van der Waals surface area contributed by atoms with Crippen LogP contribution >= 0.6 is 0 Å². The highest BCUT2D eigenvalue weighted by atomic mass is 14.7. The van der Waals surface area contributed by atoms with Crippen LogP contribution in [0.15, 0.2) is 18.2 Å². The maximum absolute atomic E-state index is 6.27. The Morgan fingerprint density at radius 3 is 2.40 bits per heavy atom. The molecule has 1 saturated carbocycles. The zero-order valence-corrected chi connectivity index (χ0v) is 8.95. The third kappa shape index (κ3) is 1.44. The van der Waals surface area contributed by atoms with Crippen molar-refractivity contribution in [3.8, 4) is 0 Å². The Morgan fingerprint density at radius 1 is 1.00 bits per heavy atom. The second kappa shape index (κ2) is 3.24. The maximum atomic E-state index is 6.27. The fourth-order valence-corrected chi connectivity index (χ4v) is 3.27. The van der Waals surface area contributed by atoms with E-state index in [0.717, 1.165) is 18.5 Å². The first-order valence-corrected chi connectivity index (χ1v) is 5.87. The molecule has 2 aliphatic carbocycles. The normalized spacial score (nSPS) is 33.5. The van der Waals surface area contributed by atoms with E-state index in [2.05, 4.69) is 12.1 Å². The van der Waals surface area contributed by atoms with E-state index >= 15 is 0 Å². The van der Waals surface area contributed by atoms with Crippen LogP contribution in [0.5, 0.6) is 0 Å². The molecule has 0 radical (unpaired) electrons. The van der Waals surface area contributed by atoms with E-state index in [1.807, 2.05) is 6.07 Å². The number of nitrogen functional groups attached to an aromatic ring is 1. The summed E-state index contributed by atoms with van der Waals surface area (Å²) < 4.78 is 0. The third-order valence-corrected chi connectivity index (χ3v) is 4.19. The molecule has 1 aromatic rings. The van der Waals surface area contributed by atoms with Gasteiger partial charge in [0.15, 0.2) is 0 Å². The first-order valence-electron chi connectivity index (χ1n) is 5.87. The molecule has 3 rings (SSSR count). The van der Waals surface area contributed by atoms with Crippen molar-refractivity contribution in [2.24, 2.45) is 17.6 Å². The minimum Gasteiger partial charge on any atom is -0.399 e. The molecular weight excluding hydrogens is 184 g/mol. The first kappa shape index (κ1) is 9.22. The van der Waals surface area contributed by atoms with Crippen molar-refractivity contribution in [3.05, 3.63) is 29.3 Å². The van der Waals surface area contributed by atoms with Crippen molar-refractivity contribution in [2.75, 3.05) is 5.73 Å². The van der Waals surface area contributed by atoms with Gasteiger partial charge in [-0.25, -0.2) is 0 Å². The Labute approximate surface area is 90.7 Å². The summed E-state index contributed by atoms with van der Waals surface area (Å²) in [5.74, 6) is 1.40. The van der Waals surface area contributed by atoms with E-state index in [9.17, 15) is 0 Å². The lowest BCUT2D eigenvalue weighted by molar-refractivity contribution is 0.421. The lowest BCUT2D eigenvalue weighted by atomic mass is 9.93. The highest BCUT2D eigenvalue weighted by Crippen LogP contribution is 2.39. The number of hydrogen-bond donors (Lipinski definition) is 2. The summed E-state index contributed by atoms with van der Waals surface area (Å²) in [6, 6.07) is 6.77. The molecule has 15 heavy (non-hydrogen) atoms. The lowest BCUT2D eigenvalue weighted by Gasteiger charge is -2.15. The van der Waals surface area contributed by atoms with Gasteiger partial charge >= 0.3 is 0 Å². The third-order valence-electron chi connectivity index (χ3n) is 4.19. The number of rotatable bonds is 0. The quantitative estimate of drug-likeness (QED) is 0.629. The van der Waals surface area contributed by atoms with Crippen LogP contribution in [0.25, 0.3) is 0 Å². The molecule has 0 spiro atoms. The maximum Gasteiger partial charge on any atom is 0.0316 e. The molecular formula is C13H18N2. The van der Waals surface area contributed by atoms with Crippen LogP contribution < -0.4 is 11.5 Å². The molecule has 0 heterocycles. The van der Waals surface area contributed by atoms with Gasteiger partial charge in [-0.3, -0.25) is 0 Å². The monoisotopic (exact) mass is 202 g/mol. The summed E-state index contributed by atoms with van der Waals surface area (Å²) in [6.07, 6.45) is 4.92. The average Bonchev–Trinajstić information content (AvgIpc) is 2.44. The molecule has 0 saturated heterocycles. The van der Waals surface area contributed by atoms with Gasteiger partial charge in [-0.2, -0.15) is 0 Å². The van der Waals surface area contributed by atoms with Gasteiger partial charge in [0.25, 0.3) is 0 Å². The van der Waals surface area contributed by atoms with Crippen molar-refractivity contribution in [1.82, 2.24) is 0 Å². The number of fused-ring (bicyclic) bond motifs is 3. The van der Waals surface area contributed by atoms with Crippen LogP contribution in [0, 0.1) is 11.8 Å². The van der Waals surface area contributed by atoms with E-state index < -0.39 is 0 Å². The van der Waals surface area contributed by atoms with Crippen molar-refractivity contribution in [1.29, 1.82) is 0 Å². The van der Waals surface area contributed by atoms with Gasteiger partial charge in [0, 0.05) is 11.7 Å². The van der Waals surface area contributed by atoms with Gasteiger partial charge in [0.1, 0.15) is 0 Å². The van der Waals surface area contributed by atoms with Gasteiger partial charge in [-0.15, -0.1) is 0 Å². The molecule has 80 valence electrons. The Bertz CT molecular complexity index is 386. The smallest absolute Gasteiger partial charge is 0.0316 e. The van der Waals surface area contributed by atoms with Crippen molar-refractivity contribution >= 4 is 5.69 Å². The van der Waals surface area contributed by atoms with Gasteiger partial charge in [-0.1, -0.05) is 6.07 Å². The SMILES string of the molecule is Nc1ccc2c(c1)C[C@@H]1CC[C@H](C2)[C@@H]1N. The molecule has 3 atom stereocenters. The highest BCUT2D eigenvalue weighted by molar-refractivity contribution is 5.46. The van der Waals surface area contributed by atoms with Crippen LogP contribution in [0.2, 0.25) is 0 Å². The second-order valence-electron chi connectivity index (χ2n) is 5.11. The van der Waals surface area contributed by atoms with Gasteiger partial charge in [0.2, 0.25) is 0 Å². The van der Waals surface area contributed by atoms with Crippen molar-refractivity contribution in [3.63, 3.8) is 0 Å². The molecule has 1 aromatic carbocycles. The average molecular weight is 202 g/mol. The van der Waals surface area contributed by atoms with Crippen molar-refractivity contribution < 1.29 is 0 Å². The first-order chi connectivity index (χ1) is 7.24. The number of benzene rings is 1. The van der Waals surface area contributed by atoms with Gasteiger partial charge < -0.3 is 11.5 Å². The zero-order valence-electron chi connectivity index (χ0n) is 8.95. The number of hydrogen-bond acceptors (Lipinski definition) is 2. The van der Waals surface area contributed by atoms with Gasteiger partial charge in [-0.05, 0) is 60.8 Å². The van der Waals surface area contributed by atoms with Gasteiger partial charge in [0.05, 0.1) is 0 Å². The zero-order chi connectivity index (χ0) is 10.4. The van der Waals surface area contributed by atoms with E-state index in [1.165, 1.54) is 24.0 Å². The number of anilines is 1. The summed E-state index contributed by atoms with van der Waals surface area (Å²) in [7, 11) is 0. The van der Waals surface area contributed by atoms with Crippen LogP contribution in [-0.2, 0) is 12.8 Å². The van der Waals surface area contributed by atoms with Crippen LogP contribution in [0.1, 0.15) is 24.0 Å². The van der Waals surface area contributed by atoms with E-state index in [-0.39, 0.29) is 0 Å². The van der Waals surface area contributed by atoms with E-state index in [1.54, 1.807) is 0 Å². The standard InChI is InChI=1S/C13H18N2/c14-12-4-3-8-5-9-1-2-10(13(9)15)6-11(8)7-12/h3-4,7,9-10,13H,1-2,5-6,14-15H2/t9-,10+,13+/m1/s1. The lowest BCUT2D eigenvalue weighted by Crippen LogP contribution is -2.31. The fraction of sp³-hybridized carbons (Fsp3) is 0.538. The largest absolute Gasteiger partial charge is 0.399 e. The molecule has 0 unspecified atom stereocenters. The molecule has 0 aromatic heterocycles. The summed E-state index contributed by atoms with van der Waals surface area (Å²) in [6.45, 7) is 0. The number of nitrogens with two attached hydrogens (primary N) is 2. The molecule has 2 aliphatic rings. The highest BCUT2D eigenvalue weighted by Gasteiger charge is 2.36. The minimum atomic E-state index is 0.415. The van der Waals surface area contributed by atoms with E-state index in [4.69, 9.17) is 11.5 Å². The van der Waals surface area contributed by atoms with Crippen LogP contribution in [0.4, 0.5) is 5.69 Å². The Kier molecular flexibility index (Phi) is 1.99.